The van der Waals surface area contributed by atoms with Crippen molar-refractivity contribution in [1.82, 2.24) is 42.2 Å². The fourth-order valence-electron chi connectivity index (χ4n) is 7.33. The molecule has 1 unspecified atom stereocenters. The highest BCUT2D eigenvalue weighted by Crippen LogP contribution is 2.40. The van der Waals surface area contributed by atoms with E-state index in [2.05, 4.69) is 42.2 Å². The number of ether oxygens (including phenoxy) is 3. The quantitative estimate of drug-likeness (QED) is 0.0329. The minimum atomic E-state index is -2.57. The molecule has 0 saturated carbocycles. The average Bonchev–Trinajstić information content (AvgIpc) is 3.82. The van der Waals surface area contributed by atoms with Gasteiger partial charge in [-0.1, -0.05) is 56.6 Å². The lowest BCUT2D eigenvalue weighted by Gasteiger charge is -2.40. The Morgan fingerprint density at radius 3 is 1.73 bits per heavy atom. The number of carbonyl (C=O) groups excluding carboxylic acids is 7. The summed E-state index contributed by atoms with van der Waals surface area (Å²) in [4.78, 5) is 101. The number of amides is 7. The summed E-state index contributed by atoms with van der Waals surface area (Å²) in [5, 5.41) is 28.7. The number of unbranched alkanes of at least 4 members (excludes halogenated alkanes) is 1. The lowest BCUT2D eigenvalue weighted by Crippen LogP contribution is -2.62. The van der Waals surface area contributed by atoms with Crippen molar-refractivity contribution in [3.63, 3.8) is 0 Å². The van der Waals surface area contributed by atoms with Crippen LogP contribution in [0.5, 0.6) is 0 Å². The summed E-state index contributed by atoms with van der Waals surface area (Å²) in [6.45, 7) is 30.0. The smallest absolute Gasteiger partial charge is 0.407 e. The third-order valence-corrected chi connectivity index (χ3v) is 17.0. The molecule has 3 rings (SSSR count). The third kappa shape index (κ3) is 23.0. The van der Waals surface area contributed by atoms with Crippen LogP contribution in [0.3, 0.4) is 0 Å². The van der Waals surface area contributed by atoms with E-state index in [4.69, 9.17) is 34.7 Å². The lowest BCUT2D eigenvalue weighted by atomic mass is 10.0. The van der Waals surface area contributed by atoms with Gasteiger partial charge in [-0.25, -0.2) is 14.6 Å². The molecule has 0 saturated heterocycles. The number of nitrogens with zero attached hydrogens (tertiary/aromatic N) is 2. The Morgan fingerprint density at radius 2 is 1.22 bits per heavy atom. The van der Waals surface area contributed by atoms with Crippen LogP contribution in [0, 0.1) is 11.3 Å². The molecule has 2 aromatic carbocycles. The average molecular weight is 1140 g/mol. The molecule has 7 atom stereocenters. The SMILES string of the molecule is C[C@H](NC(=O)[C@@H](NC(=O)[C@H](CNC(=O)OC(C)(C)C)NC(=O)c1ccc(-c2ccc(Cl)cc2)cc1)[C@@H](C)OC(C)(C)C)C(=O)N[C@@H](CCCCNC(=O)OC(C)(C)C)C(=O)N[C@@H](C)C(O[Si](C)(C)C(C)(C)C)c1ncc(C#N)o1. The van der Waals surface area contributed by atoms with Gasteiger partial charge in [0.25, 0.3) is 5.91 Å². The lowest BCUT2D eigenvalue weighted by molar-refractivity contribution is -0.139. The molecule has 0 bridgehead atoms. The molecule has 0 aliphatic carbocycles. The van der Waals surface area contributed by atoms with E-state index in [1.807, 2.05) is 52.1 Å². The van der Waals surface area contributed by atoms with Crippen LogP contribution in [0.4, 0.5) is 9.59 Å². The van der Waals surface area contributed by atoms with Gasteiger partial charge in [0, 0.05) is 17.1 Å². The van der Waals surface area contributed by atoms with Gasteiger partial charge in [-0.3, -0.25) is 24.0 Å². The zero-order valence-electron chi connectivity index (χ0n) is 48.9. The van der Waals surface area contributed by atoms with Gasteiger partial charge in [-0.05, 0) is 156 Å². The first-order valence-electron chi connectivity index (χ1n) is 26.4. The number of rotatable bonds is 24. The van der Waals surface area contributed by atoms with E-state index in [9.17, 15) is 38.8 Å². The number of nitriles is 1. The van der Waals surface area contributed by atoms with Crippen molar-refractivity contribution in [3.8, 4) is 17.2 Å². The number of halogens is 1. The monoisotopic (exact) mass is 1140 g/mol. The van der Waals surface area contributed by atoms with Crippen molar-refractivity contribution in [2.75, 3.05) is 13.1 Å². The van der Waals surface area contributed by atoms with E-state index in [1.165, 1.54) is 13.1 Å². The van der Waals surface area contributed by atoms with Crippen LogP contribution in [0.1, 0.15) is 151 Å². The van der Waals surface area contributed by atoms with E-state index in [1.54, 1.807) is 113 Å². The van der Waals surface area contributed by atoms with Crippen molar-refractivity contribution >= 4 is 61.6 Å². The Labute approximate surface area is 471 Å². The minimum Gasteiger partial charge on any atom is -0.444 e. The molecule has 1 aromatic heterocycles. The van der Waals surface area contributed by atoms with Crippen molar-refractivity contribution in [2.45, 2.75) is 200 Å². The van der Waals surface area contributed by atoms with Crippen LogP contribution < -0.4 is 37.2 Å². The molecule has 7 amide bonds. The minimum absolute atomic E-state index is 0.0466. The summed E-state index contributed by atoms with van der Waals surface area (Å²) in [5.41, 5.74) is -0.605. The molecule has 0 aliphatic rings. The van der Waals surface area contributed by atoms with Crippen LogP contribution in [0.2, 0.25) is 23.2 Å². The number of aromatic nitrogens is 1. The van der Waals surface area contributed by atoms with E-state index in [-0.39, 0.29) is 35.2 Å². The first-order valence-corrected chi connectivity index (χ1v) is 29.7. The highest BCUT2D eigenvalue weighted by Gasteiger charge is 2.43. The summed E-state index contributed by atoms with van der Waals surface area (Å²) in [5.74, 6) is -3.76. The largest absolute Gasteiger partial charge is 0.444 e. The van der Waals surface area contributed by atoms with Crippen LogP contribution in [-0.2, 0) is 37.8 Å². The molecule has 0 spiro atoms. The molecule has 23 heteroatoms. The number of hydrogen-bond acceptors (Lipinski definition) is 14. The predicted octanol–water partition coefficient (Wildman–Crippen LogP) is 8.13. The molecule has 3 aromatic rings. The van der Waals surface area contributed by atoms with Gasteiger partial charge in [-0.15, -0.1) is 0 Å². The van der Waals surface area contributed by atoms with Crippen molar-refractivity contribution < 1.29 is 56.6 Å². The van der Waals surface area contributed by atoms with E-state index < -0.39 is 116 Å². The summed E-state index contributed by atoms with van der Waals surface area (Å²) in [6, 6.07) is 9.39. The van der Waals surface area contributed by atoms with E-state index >= 15 is 0 Å². The van der Waals surface area contributed by atoms with Gasteiger partial charge < -0.3 is 60.3 Å². The molecule has 0 aliphatic heterocycles. The Hall–Kier alpha value is -6.54. The van der Waals surface area contributed by atoms with E-state index in [0.717, 1.165) is 11.1 Å². The van der Waals surface area contributed by atoms with Crippen molar-refractivity contribution in [2.24, 2.45) is 0 Å². The molecule has 0 radical (unpaired) electrons. The molecule has 7 N–H and O–H groups in total. The Balaban J connectivity index is 1.92. The molecular weight excluding hydrogens is 1050 g/mol. The topological polar surface area (TPSA) is 290 Å². The van der Waals surface area contributed by atoms with Crippen LogP contribution in [0.15, 0.2) is 59.1 Å². The molecule has 79 heavy (non-hydrogen) atoms. The fraction of sp³-hybridized carbons (Fsp3) is 0.589. The van der Waals surface area contributed by atoms with Gasteiger partial charge in [0.2, 0.25) is 35.3 Å². The van der Waals surface area contributed by atoms with Gasteiger partial charge >= 0.3 is 12.2 Å². The number of oxazole rings is 1. The van der Waals surface area contributed by atoms with Gasteiger partial charge in [0.1, 0.15) is 47.5 Å². The summed E-state index contributed by atoms with van der Waals surface area (Å²) in [7, 11) is -2.57. The number of benzene rings is 2. The fourth-order valence-corrected chi connectivity index (χ4v) is 8.75. The molecule has 436 valence electrons. The highest BCUT2D eigenvalue weighted by atomic mass is 35.5. The molecule has 0 fully saturated rings. The number of hydrogen-bond donors (Lipinski definition) is 7. The maximum absolute atomic E-state index is 14.4. The standard InChI is InChI=1S/C56H84ClN9O12Si/c1-33(44(50-60-31-40(30-58)74-50)78-79(16,17)56(13,14)15)62-47(69)41(20-18-19-29-59-51(72)76-54(7,8)9)64-45(67)34(2)63-49(71)43(35(3)75-53(4,5)6)66-48(70)42(32-61-52(73)77-55(10,11)12)65-46(68)38-23-21-36(22-24-38)37-25-27-39(57)28-26-37/h21-28,31,33-35,41-44H,18-20,29,32H2,1-17H3,(H,59,72)(H,61,73)(H,62,69)(H,63,71)(H,64,67)(H,65,68)(H,66,70)/t33-,34-,35+,41-,42-,43-,44?/m0/s1. The normalized spacial score (nSPS) is 14.8. The Bertz CT molecular complexity index is 2600. The van der Waals surface area contributed by atoms with Crippen LogP contribution in [0.25, 0.3) is 11.1 Å². The Morgan fingerprint density at radius 1 is 0.671 bits per heavy atom. The van der Waals surface area contributed by atoms with Crippen LogP contribution in [-0.4, -0.2) is 121 Å². The van der Waals surface area contributed by atoms with Gasteiger partial charge in [0.05, 0.1) is 30.5 Å². The van der Waals surface area contributed by atoms with Gasteiger partial charge in [-0.2, -0.15) is 5.26 Å². The second-order valence-electron chi connectivity index (χ2n) is 23.9. The molecule has 1 heterocycles. The molecule has 21 nitrogen and oxygen atoms in total. The second kappa shape index (κ2) is 28.6. The first kappa shape index (κ1) is 66.7. The second-order valence-corrected chi connectivity index (χ2v) is 29.1. The first-order chi connectivity index (χ1) is 36.4. The van der Waals surface area contributed by atoms with Gasteiger partial charge in [0.15, 0.2) is 8.32 Å². The predicted molar refractivity (Wildman–Crippen MR) is 302 cm³/mol. The third-order valence-electron chi connectivity index (χ3n) is 12.3. The maximum atomic E-state index is 14.4. The maximum Gasteiger partial charge on any atom is 0.407 e. The molecular formula is C56H84ClN9O12Si. The van der Waals surface area contributed by atoms with E-state index in [0.29, 0.717) is 17.9 Å². The summed E-state index contributed by atoms with van der Waals surface area (Å²) < 4.78 is 29.3. The zero-order chi connectivity index (χ0) is 59.8. The zero-order valence-corrected chi connectivity index (χ0v) is 50.7. The highest BCUT2D eigenvalue weighted by molar-refractivity contribution is 6.74. The van der Waals surface area contributed by atoms with Crippen molar-refractivity contribution in [3.05, 3.63) is 77.0 Å². The van der Waals surface area contributed by atoms with Crippen LogP contribution >= 0.6 is 11.6 Å². The number of alkyl carbamates (subject to hydrolysis) is 2. The summed E-state index contributed by atoms with van der Waals surface area (Å²) in [6.07, 6.45) is -1.38. The number of carbonyl (C=O) groups is 7. The Kier molecular flexibility index (Phi) is 24.1. The summed E-state index contributed by atoms with van der Waals surface area (Å²) >= 11 is 6.07. The van der Waals surface area contributed by atoms with Crippen molar-refractivity contribution in [1.29, 1.82) is 5.26 Å². The number of nitrogens with one attached hydrogen (secondary N) is 7.